The van der Waals surface area contributed by atoms with E-state index in [2.05, 4.69) is 45.2 Å². The molecule has 0 heterocycles. The van der Waals surface area contributed by atoms with Crippen LogP contribution in [0.2, 0.25) is 0 Å². The van der Waals surface area contributed by atoms with Gasteiger partial charge in [0.2, 0.25) is 0 Å². The first-order valence-corrected chi connectivity index (χ1v) is 13.1. The van der Waals surface area contributed by atoms with E-state index in [0.29, 0.717) is 12.0 Å². The molecule has 0 fully saturated rings. The second kappa shape index (κ2) is 13.9. The molecule has 1 N–H and O–H groups in total. The summed E-state index contributed by atoms with van der Waals surface area (Å²) in [5, 5.41) is 9.68. The minimum atomic E-state index is -1.01. The average Bonchev–Trinajstić information content (AvgIpc) is 2.89. The Morgan fingerprint density at radius 1 is 0.946 bits per heavy atom. The van der Waals surface area contributed by atoms with Crippen molar-refractivity contribution in [3.05, 3.63) is 83.5 Å². The van der Waals surface area contributed by atoms with Crippen LogP contribution in [-0.4, -0.2) is 36.4 Å². The van der Waals surface area contributed by atoms with Crippen molar-refractivity contribution in [1.29, 1.82) is 0 Å². The van der Waals surface area contributed by atoms with Gasteiger partial charge in [-0.3, -0.25) is 0 Å². The van der Waals surface area contributed by atoms with Crippen LogP contribution in [0, 0.1) is 6.92 Å². The van der Waals surface area contributed by atoms with Crippen molar-refractivity contribution in [2.24, 2.45) is 0 Å². The highest BCUT2D eigenvalue weighted by molar-refractivity contribution is 5.89. The molecule has 5 heteroatoms. The molecule has 0 amide bonds. The van der Waals surface area contributed by atoms with Crippen molar-refractivity contribution in [2.75, 3.05) is 13.2 Å². The van der Waals surface area contributed by atoms with Gasteiger partial charge in [0.05, 0.1) is 17.1 Å². The van der Waals surface area contributed by atoms with E-state index in [9.17, 15) is 14.7 Å². The summed E-state index contributed by atoms with van der Waals surface area (Å²) in [6, 6.07) is 14.7. The van der Waals surface area contributed by atoms with Gasteiger partial charge in [-0.2, -0.15) is 0 Å². The molecule has 5 nitrogen and oxygen atoms in total. The Hall–Kier alpha value is -3.18. The van der Waals surface area contributed by atoms with Crippen molar-refractivity contribution < 1.29 is 24.2 Å². The second-order valence-corrected chi connectivity index (χ2v) is 9.94. The number of aliphatic hydroxyl groups excluding tert-OH is 1. The molecule has 2 atom stereocenters. The van der Waals surface area contributed by atoms with Gasteiger partial charge in [0.15, 0.2) is 0 Å². The maximum absolute atomic E-state index is 12.4. The highest BCUT2D eigenvalue weighted by Gasteiger charge is 2.35. The summed E-state index contributed by atoms with van der Waals surface area (Å²) < 4.78 is 11.1. The molecule has 2 rings (SSSR count). The first-order chi connectivity index (χ1) is 17.5. The molecule has 0 bridgehead atoms. The number of aryl methyl sites for hydroxylation is 2. The lowest BCUT2D eigenvalue weighted by molar-refractivity contribution is -0.146. The number of hydrogen-bond donors (Lipinski definition) is 1. The Balaban J connectivity index is 2.32. The van der Waals surface area contributed by atoms with Crippen LogP contribution in [0.5, 0.6) is 0 Å². The normalized spacial score (nSPS) is 13.4. The number of unbranched alkanes of at least 4 members (excludes halogenated alkanes) is 2. The number of rotatable bonds is 14. The van der Waals surface area contributed by atoms with E-state index in [-0.39, 0.29) is 18.8 Å². The van der Waals surface area contributed by atoms with E-state index >= 15 is 0 Å². The van der Waals surface area contributed by atoms with Crippen molar-refractivity contribution in [2.45, 2.75) is 78.2 Å². The molecule has 2 unspecified atom stereocenters. The molecule has 200 valence electrons. The molecular formula is C32H42O5. The minimum absolute atomic E-state index is 0.0206. The number of ether oxygens (including phenoxy) is 2. The number of aliphatic hydroxyl groups is 1. The third kappa shape index (κ3) is 8.16. The monoisotopic (exact) mass is 506 g/mol. The van der Waals surface area contributed by atoms with Crippen molar-refractivity contribution in [3.8, 4) is 11.1 Å². The van der Waals surface area contributed by atoms with Gasteiger partial charge < -0.3 is 14.6 Å². The minimum Gasteiger partial charge on any atom is -0.461 e. The first kappa shape index (κ1) is 30.0. The Bertz CT molecular complexity index is 1100. The predicted octanol–water partition coefficient (Wildman–Crippen LogP) is 6.64. The molecule has 0 aliphatic carbocycles. The third-order valence-corrected chi connectivity index (χ3v) is 6.97. The Morgan fingerprint density at radius 2 is 1.54 bits per heavy atom. The van der Waals surface area contributed by atoms with Crippen LogP contribution in [-0.2, 0) is 30.9 Å². The fourth-order valence-electron chi connectivity index (χ4n) is 4.15. The summed E-state index contributed by atoms with van der Waals surface area (Å²) in [6.45, 7) is 16.6. The Kier molecular flexibility index (Phi) is 11.3. The lowest BCUT2D eigenvalue weighted by Gasteiger charge is -2.32. The summed E-state index contributed by atoms with van der Waals surface area (Å²) >= 11 is 0. The maximum atomic E-state index is 12.4. The van der Waals surface area contributed by atoms with Crippen LogP contribution in [0.25, 0.3) is 11.1 Å². The quantitative estimate of drug-likeness (QED) is 0.177. The zero-order valence-electron chi connectivity index (χ0n) is 23.1. The average molecular weight is 507 g/mol. The van der Waals surface area contributed by atoms with E-state index < -0.39 is 23.5 Å². The van der Waals surface area contributed by atoms with Gasteiger partial charge in [-0.15, -0.1) is 0 Å². The summed E-state index contributed by atoms with van der Waals surface area (Å²) in [7, 11) is 0. The van der Waals surface area contributed by atoms with Crippen molar-refractivity contribution in [3.63, 3.8) is 0 Å². The molecule has 0 aromatic heterocycles. The van der Waals surface area contributed by atoms with E-state index in [1.165, 1.54) is 37.3 Å². The zero-order chi connectivity index (χ0) is 27.6. The van der Waals surface area contributed by atoms with Crippen LogP contribution in [0.15, 0.2) is 66.8 Å². The topological polar surface area (TPSA) is 72.8 Å². The van der Waals surface area contributed by atoms with Gasteiger partial charge >= 0.3 is 11.9 Å². The summed E-state index contributed by atoms with van der Waals surface area (Å²) in [4.78, 5) is 24.6. The Morgan fingerprint density at radius 3 is 2.05 bits per heavy atom. The SMILES string of the molecule is C=C(C)C(=O)OCC(CC)(COC(=O)C(=C)C(C)O)c1ccc(-c2ccc(CCCCC)c(C)c2)cc1. The van der Waals surface area contributed by atoms with Gasteiger partial charge in [-0.25, -0.2) is 9.59 Å². The lowest BCUT2D eigenvalue weighted by atomic mass is 9.79. The molecule has 2 aromatic rings. The number of esters is 2. The molecule has 0 radical (unpaired) electrons. The van der Waals surface area contributed by atoms with Crippen molar-refractivity contribution in [1.82, 2.24) is 0 Å². The standard InChI is InChI=1S/C32H42O5/c1-8-10-11-12-26-13-14-28(19-23(26)5)27-15-17-29(18-16-27)32(9-2,20-36-30(34)22(3)4)21-37-31(35)24(6)25(7)33/h13-19,25,33H,3,6,8-12,20-21H2,1-2,4-5,7H3. The van der Waals surface area contributed by atoms with Gasteiger partial charge in [0.1, 0.15) is 13.2 Å². The number of hydrogen-bond acceptors (Lipinski definition) is 5. The first-order valence-electron chi connectivity index (χ1n) is 13.1. The molecule has 2 aromatic carbocycles. The Labute approximate surface area is 222 Å². The van der Waals surface area contributed by atoms with Gasteiger partial charge in [-0.05, 0) is 67.9 Å². The third-order valence-electron chi connectivity index (χ3n) is 6.97. The fourth-order valence-corrected chi connectivity index (χ4v) is 4.15. The highest BCUT2D eigenvalue weighted by atomic mass is 16.5. The molecule has 0 spiro atoms. The van der Waals surface area contributed by atoms with E-state index in [0.717, 1.165) is 23.1 Å². The summed E-state index contributed by atoms with van der Waals surface area (Å²) in [5.41, 5.74) is 5.29. The zero-order valence-corrected chi connectivity index (χ0v) is 23.1. The fraction of sp³-hybridized carbons (Fsp3) is 0.438. The molecule has 0 saturated heterocycles. The van der Waals surface area contributed by atoms with E-state index in [1.807, 2.05) is 31.2 Å². The number of carbonyl (C=O) groups is 2. The number of carbonyl (C=O) groups excluding carboxylic acids is 2. The summed E-state index contributed by atoms with van der Waals surface area (Å²) in [6.07, 6.45) is 4.30. The number of benzene rings is 2. The van der Waals surface area contributed by atoms with E-state index in [1.54, 1.807) is 6.92 Å². The molecule has 37 heavy (non-hydrogen) atoms. The van der Waals surface area contributed by atoms with Gasteiger partial charge in [-0.1, -0.05) is 82.3 Å². The van der Waals surface area contributed by atoms with Crippen LogP contribution in [0.3, 0.4) is 0 Å². The van der Waals surface area contributed by atoms with Crippen LogP contribution in [0.1, 0.15) is 70.1 Å². The van der Waals surface area contributed by atoms with Crippen LogP contribution in [0.4, 0.5) is 0 Å². The summed E-state index contributed by atoms with van der Waals surface area (Å²) in [5.74, 6) is -1.17. The second-order valence-electron chi connectivity index (χ2n) is 9.94. The lowest BCUT2D eigenvalue weighted by Crippen LogP contribution is -2.39. The molecule has 0 aliphatic rings. The highest BCUT2D eigenvalue weighted by Crippen LogP contribution is 2.32. The molecule has 0 saturated carbocycles. The van der Waals surface area contributed by atoms with Crippen molar-refractivity contribution >= 4 is 11.9 Å². The smallest absolute Gasteiger partial charge is 0.336 e. The van der Waals surface area contributed by atoms with E-state index in [4.69, 9.17) is 9.47 Å². The molecule has 0 aliphatic heterocycles. The van der Waals surface area contributed by atoms with Gasteiger partial charge in [0.25, 0.3) is 0 Å². The molecular weight excluding hydrogens is 464 g/mol. The van der Waals surface area contributed by atoms with Crippen LogP contribution >= 0.6 is 0 Å². The van der Waals surface area contributed by atoms with Gasteiger partial charge in [0, 0.05) is 5.57 Å². The largest absolute Gasteiger partial charge is 0.461 e. The maximum Gasteiger partial charge on any atom is 0.336 e. The predicted molar refractivity (Wildman–Crippen MR) is 149 cm³/mol. The van der Waals surface area contributed by atoms with Crippen LogP contribution < -0.4 is 0 Å².